The van der Waals surface area contributed by atoms with Crippen molar-refractivity contribution in [2.75, 3.05) is 33.8 Å². The maximum atomic E-state index is 9.98. The van der Waals surface area contributed by atoms with Crippen molar-refractivity contribution in [3.8, 4) is 5.75 Å². The van der Waals surface area contributed by atoms with Crippen molar-refractivity contribution in [1.82, 2.24) is 10.2 Å². The molecule has 0 spiro atoms. The van der Waals surface area contributed by atoms with Crippen LogP contribution >= 0.6 is 11.6 Å². The number of nitrogens with zero attached hydrogens (tertiary/aromatic N) is 1. The Kier molecular flexibility index (Phi) is 5.88. The average Bonchev–Trinajstić information content (AvgIpc) is 2.40. The Labute approximate surface area is 132 Å². The number of halogens is 1. The van der Waals surface area contributed by atoms with Crippen LogP contribution in [0.3, 0.4) is 0 Å². The van der Waals surface area contributed by atoms with Gasteiger partial charge in [-0.1, -0.05) is 23.7 Å². The molecule has 0 bridgehead atoms. The molecule has 21 heavy (non-hydrogen) atoms. The van der Waals surface area contributed by atoms with Gasteiger partial charge in [-0.25, -0.2) is 0 Å². The largest absolute Gasteiger partial charge is 0.489 e. The van der Waals surface area contributed by atoms with E-state index in [2.05, 4.69) is 24.3 Å². The third-order valence-electron chi connectivity index (χ3n) is 4.33. The normalized spacial score (nSPS) is 18.3. The quantitative estimate of drug-likeness (QED) is 0.772. The van der Waals surface area contributed by atoms with Crippen molar-refractivity contribution in [3.05, 3.63) is 29.3 Å². The van der Waals surface area contributed by atoms with Crippen LogP contribution < -0.4 is 10.1 Å². The second-order valence-corrected chi connectivity index (χ2v) is 6.41. The highest BCUT2D eigenvalue weighted by Crippen LogP contribution is 2.35. The Morgan fingerprint density at radius 1 is 1.38 bits per heavy atom. The van der Waals surface area contributed by atoms with E-state index in [1.54, 1.807) is 12.1 Å². The highest BCUT2D eigenvalue weighted by atomic mass is 35.5. The van der Waals surface area contributed by atoms with Crippen LogP contribution in [0.15, 0.2) is 24.3 Å². The molecule has 1 saturated carbocycles. The third-order valence-corrected chi connectivity index (χ3v) is 4.65. The topological polar surface area (TPSA) is 44.7 Å². The number of hydrogen-bond donors (Lipinski definition) is 2. The lowest BCUT2D eigenvalue weighted by Crippen LogP contribution is -2.57. The summed E-state index contributed by atoms with van der Waals surface area (Å²) in [7, 11) is 4.25. The SMILES string of the molecule is CN(C)C1(CNCC(O)COc2ccccc2Cl)CCC1. The summed E-state index contributed by atoms with van der Waals surface area (Å²) in [6.07, 6.45) is 3.19. The van der Waals surface area contributed by atoms with E-state index < -0.39 is 6.10 Å². The standard InChI is InChI=1S/C16H25ClN2O2/c1-19(2)16(8-5-9-16)12-18-10-13(20)11-21-15-7-4-3-6-14(15)17/h3-4,6-7,13,18,20H,5,8-12H2,1-2H3. The molecule has 1 aromatic carbocycles. The van der Waals surface area contributed by atoms with Crippen LogP contribution in [0, 0.1) is 0 Å². The maximum Gasteiger partial charge on any atom is 0.138 e. The average molecular weight is 313 g/mol. The van der Waals surface area contributed by atoms with Gasteiger partial charge in [0.15, 0.2) is 0 Å². The summed E-state index contributed by atoms with van der Waals surface area (Å²) in [6.45, 7) is 1.68. The number of hydrogen-bond acceptors (Lipinski definition) is 4. The summed E-state index contributed by atoms with van der Waals surface area (Å²) < 4.78 is 5.54. The molecule has 4 nitrogen and oxygen atoms in total. The zero-order chi connectivity index (χ0) is 15.3. The van der Waals surface area contributed by atoms with Crippen molar-refractivity contribution in [2.45, 2.75) is 30.9 Å². The minimum absolute atomic E-state index is 0.242. The summed E-state index contributed by atoms with van der Waals surface area (Å²) in [5.41, 5.74) is 0.267. The molecule has 1 fully saturated rings. The monoisotopic (exact) mass is 312 g/mol. The fraction of sp³-hybridized carbons (Fsp3) is 0.625. The van der Waals surface area contributed by atoms with Crippen molar-refractivity contribution >= 4 is 11.6 Å². The first kappa shape index (κ1) is 16.6. The Hall–Kier alpha value is -0.810. The first-order chi connectivity index (χ1) is 10.0. The summed E-state index contributed by atoms with van der Waals surface area (Å²) in [6, 6.07) is 7.30. The van der Waals surface area contributed by atoms with Crippen LogP contribution in [0.4, 0.5) is 0 Å². The fourth-order valence-corrected chi connectivity index (χ4v) is 2.84. The Morgan fingerprint density at radius 2 is 2.10 bits per heavy atom. The molecule has 0 aromatic heterocycles. The smallest absolute Gasteiger partial charge is 0.138 e. The van der Waals surface area contributed by atoms with E-state index in [-0.39, 0.29) is 12.1 Å². The second kappa shape index (κ2) is 7.45. The molecule has 1 aliphatic carbocycles. The lowest BCUT2D eigenvalue weighted by Gasteiger charge is -2.47. The Bertz CT molecular complexity index is 450. The van der Waals surface area contributed by atoms with Gasteiger partial charge in [-0.05, 0) is 45.5 Å². The van der Waals surface area contributed by atoms with Gasteiger partial charge in [0, 0.05) is 18.6 Å². The molecule has 1 unspecified atom stereocenters. The molecule has 1 aromatic rings. The van der Waals surface area contributed by atoms with Crippen LogP contribution in [0.1, 0.15) is 19.3 Å². The van der Waals surface area contributed by atoms with E-state index >= 15 is 0 Å². The molecule has 0 radical (unpaired) electrons. The number of rotatable bonds is 8. The van der Waals surface area contributed by atoms with Gasteiger partial charge in [0.05, 0.1) is 5.02 Å². The lowest BCUT2D eigenvalue weighted by molar-refractivity contribution is 0.0512. The molecule has 118 valence electrons. The molecular formula is C16H25ClN2O2. The molecule has 0 amide bonds. The van der Waals surface area contributed by atoms with Crippen LogP contribution in [0.2, 0.25) is 5.02 Å². The molecule has 2 N–H and O–H groups in total. The third kappa shape index (κ3) is 4.33. The van der Waals surface area contributed by atoms with E-state index in [1.165, 1.54) is 19.3 Å². The molecule has 1 aliphatic rings. The summed E-state index contributed by atoms with van der Waals surface area (Å²) >= 11 is 6.01. The molecule has 5 heteroatoms. The number of ether oxygens (including phenoxy) is 1. The van der Waals surface area contributed by atoms with Gasteiger partial charge in [-0.2, -0.15) is 0 Å². The first-order valence-electron chi connectivity index (χ1n) is 7.47. The summed E-state index contributed by atoms with van der Waals surface area (Å²) in [5.74, 6) is 0.613. The summed E-state index contributed by atoms with van der Waals surface area (Å²) in [5, 5.41) is 13.9. The van der Waals surface area contributed by atoms with Crippen molar-refractivity contribution < 1.29 is 9.84 Å². The molecule has 2 rings (SSSR count). The van der Waals surface area contributed by atoms with E-state index in [0.29, 0.717) is 17.3 Å². The Balaban J connectivity index is 1.68. The van der Waals surface area contributed by atoms with E-state index in [4.69, 9.17) is 16.3 Å². The Morgan fingerprint density at radius 3 is 2.67 bits per heavy atom. The van der Waals surface area contributed by atoms with E-state index in [1.807, 2.05) is 12.1 Å². The minimum atomic E-state index is -0.541. The zero-order valence-corrected chi connectivity index (χ0v) is 13.6. The van der Waals surface area contributed by atoms with Gasteiger partial charge < -0.3 is 20.1 Å². The van der Waals surface area contributed by atoms with E-state index in [9.17, 15) is 5.11 Å². The predicted octanol–water partition coefficient (Wildman–Crippen LogP) is 2.15. The summed E-state index contributed by atoms with van der Waals surface area (Å²) in [4.78, 5) is 2.29. The molecule has 0 aliphatic heterocycles. The van der Waals surface area contributed by atoms with E-state index in [0.717, 1.165) is 6.54 Å². The number of aliphatic hydroxyl groups excluding tert-OH is 1. The molecule has 0 saturated heterocycles. The predicted molar refractivity (Wildman–Crippen MR) is 86.1 cm³/mol. The zero-order valence-electron chi connectivity index (χ0n) is 12.8. The van der Waals surface area contributed by atoms with Crippen molar-refractivity contribution in [1.29, 1.82) is 0 Å². The van der Waals surface area contributed by atoms with Gasteiger partial charge in [-0.3, -0.25) is 0 Å². The highest BCUT2D eigenvalue weighted by Gasteiger charge is 2.38. The van der Waals surface area contributed by atoms with Crippen LogP contribution in [0.25, 0.3) is 0 Å². The number of aliphatic hydroxyl groups is 1. The molecular weight excluding hydrogens is 288 g/mol. The van der Waals surface area contributed by atoms with Gasteiger partial charge in [-0.15, -0.1) is 0 Å². The van der Waals surface area contributed by atoms with Crippen molar-refractivity contribution in [3.63, 3.8) is 0 Å². The van der Waals surface area contributed by atoms with Crippen LogP contribution in [0.5, 0.6) is 5.75 Å². The van der Waals surface area contributed by atoms with Gasteiger partial charge in [0.2, 0.25) is 0 Å². The first-order valence-corrected chi connectivity index (χ1v) is 7.85. The molecule has 1 atom stereocenters. The number of para-hydroxylation sites is 1. The lowest BCUT2D eigenvalue weighted by atomic mass is 9.75. The number of nitrogens with one attached hydrogen (secondary N) is 1. The van der Waals surface area contributed by atoms with Gasteiger partial charge >= 0.3 is 0 Å². The second-order valence-electron chi connectivity index (χ2n) is 6.00. The minimum Gasteiger partial charge on any atom is -0.489 e. The highest BCUT2D eigenvalue weighted by molar-refractivity contribution is 6.32. The van der Waals surface area contributed by atoms with Crippen molar-refractivity contribution in [2.24, 2.45) is 0 Å². The maximum absolute atomic E-state index is 9.98. The van der Waals surface area contributed by atoms with Gasteiger partial charge in [0.1, 0.15) is 18.5 Å². The molecule has 0 heterocycles. The van der Waals surface area contributed by atoms with Crippen LogP contribution in [-0.4, -0.2) is 55.4 Å². The number of benzene rings is 1. The fourth-order valence-electron chi connectivity index (χ4n) is 2.65. The number of likely N-dealkylation sites (N-methyl/N-ethyl adjacent to an activating group) is 1. The van der Waals surface area contributed by atoms with Gasteiger partial charge in [0.25, 0.3) is 0 Å². The van der Waals surface area contributed by atoms with Crippen LogP contribution in [-0.2, 0) is 0 Å².